The van der Waals surface area contributed by atoms with Crippen LogP contribution in [0.3, 0.4) is 0 Å². The Morgan fingerprint density at radius 2 is 1.83 bits per heavy atom. The highest BCUT2D eigenvalue weighted by Crippen LogP contribution is 2.34. The molecule has 0 fully saturated rings. The zero-order valence-corrected chi connectivity index (χ0v) is 13.6. The summed E-state index contributed by atoms with van der Waals surface area (Å²) in [5.41, 5.74) is 6.55. The summed E-state index contributed by atoms with van der Waals surface area (Å²) < 4.78 is 4.76. The van der Waals surface area contributed by atoms with E-state index in [9.17, 15) is 4.79 Å². The van der Waals surface area contributed by atoms with Crippen molar-refractivity contribution in [3.63, 3.8) is 0 Å². The van der Waals surface area contributed by atoms with Gasteiger partial charge in [0, 0.05) is 5.88 Å². The molecule has 0 atom stereocenters. The molecular weight excluding hydrogens is 308 g/mol. The van der Waals surface area contributed by atoms with Crippen LogP contribution in [0.4, 0.5) is 0 Å². The number of methoxy groups -OCH3 is 1. The predicted octanol–water partition coefficient (Wildman–Crippen LogP) is 4.56. The first kappa shape index (κ1) is 15.6. The number of carbonyl (C=O) groups excluding carboxylic acids is 1. The van der Waals surface area contributed by atoms with E-state index in [2.05, 4.69) is 30.4 Å². The lowest BCUT2D eigenvalue weighted by molar-refractivity contribution is -0.139. The quantitative estimate of drug-likeness (QED) is 0.521. The third-order valence-electron chi connectivity index (χ3n) is 3.96. The number of alkyl halides is 1. The highest BCUT2D eigenvalue weighted by molar-refractivity contribution is 6.19. The molecule has 2 nitrogen and oxygen atoms in total. The van der Waals surface area contributed by atoms with Gasteiger partial charge in [-0.3, -0.25) is 4.79 Å². The molecule has 116 valence electrons. The number of benzene rings is 2. The third kappa shape index (κ3) is 3.22. The number of ether oxygens (including phenoxy) is 1. The molecule has 0 spiro atoms. The Kier molecular flexibility index (Phi) is 4.63. The van der Waals surface area contributed by atoms with E-state index in [0.29, 0.717) is 5.88 Å². The van der Waals surface area contributed by atoms with Crippen LogP contribution in [0.5, 0.6) is 0 Å². The van der Waals surface area contributed by atoms with Crippen LogP contribution >= 0.6 is 11.6 Å². The van der Waals surface area contributed by atoms with Crippen LogP contribution in [0.15, 0.2) is 48.5 Å². The van der Waals surface area contributed by atoms with Gasteiger partial charge in [0.1, 0.15) is 0 Å². The third-order valence-corrected chi connectivity index (χ3v) is 4.11. The van der Waals surface area contributed by atoms with Gasteiger partial charge in [0.2, 0.25) is 0 Å². The maximum absolute atomic E-state index is 11.6. The molecule has 0 saturated carbocycles. The van der Waals surface area contributed by atoms with Crippen molar-refractivity contribution in [1.29, 1.82) is 0 Å². The first-order chi connectivity index (χ1) is 11.2. The Balaban J connectivity index is 2.14. The van der Waals surface area contributed by atoms with Gasteiger partial charge in [-0.25, -0.2) is 0 Å². The van der Waals surface area contributed by atoms with Crippen molar-refractivity contribution in [1.82, 2.24) is 0 Å². The van der Waals surface area contributed by atoms with Crippen molar-refractivity contribution in [2.45, 2.75) is 6.42 Å². The molecule has 1 aliphatic carbocycles. The number of fused-ring (bicyclic) bond motifs is 2. The van der Waals surface area contributed by atoms with E-state index in [1.54, 1.807) is 0 Å². The molecule has 3 rings (SSSR count). The number of halogens is 1. The standard InChI is InChI=1S/C20H17ClO2/c1-23-20(22)13-14-6-7-16-9-8-15-4-2-3-5-17(15)18(10-11-21)19(16)12-14/h2-10,12H,11,13H2,1H3/b18-10+. The highest BCUT2D eigenvalue weighted by atomic mass is 35.5. The molecule has 0 saturated heterocycles. The fourth-order valence-corrected chi connectivity index (χ4v) is 2.99. The molecule has 0 N–H and O–H groups in total. The summed E-state index contributed by atoms with van der Waals surface area (Å²) in [5, 5.41) is 0. The van der Waals surface area contributed by atoms with E-state index in [1.807, 2.05) is 30.3 Å². The second-order valence-electron chi connectivity index (χ2n) is 5.37. The fraction of sp³-hybridized carbons (Fsp3) is 0.150. The number of hydrogen-bond acceptors (Lipinski definition) is 2. The van der Waals surface area contributed by atoms with Crippen molar-refractivity contribution in [3.05, 3.63) is 76.4 Å². The van der Waals surface area contributed by atoms with Crippen molar-refractivity contribution in [2.75, 3.05) is 13.0 Å². The molecule has 2 aromatic carbocycles. The predicted molar refractivity (Wildman–Crippen MR) is 95.3 cm³/mol. The number of allylic oxidation sites excluding steroid dienone is 1. The van der Waals surface area contributed by atoms with Crippen LogP contribution in [0.1, 0.15) is 27.8 Å². The first-order valence-electron chi connectivity index (χ1n) is 7.46. The average Bonchev–Trinajstić information content (AvgIpc) is 2.73. The second kappa shape index (κ2) is 6.84. The van der Waals surface area contributed by atoms with E-state index in [-0.39, 0.29) is 12.4 Å². The van der Waals surface area contributed by atoms with E-state index in [1.165, 1.54) is 7.11 Å². The van der Waals surface area contributed by atoms with Crippen LogP contribution in [0, 0.1) is 0 Å². The van der Waals surface area contributed by atoms with Crippen LogP contribution in [0.2, 0.25) is 0 Å². The number of carbonyl (C=O) groups is 1. The topological polar surface area (TPSA) is 26.3 Å². The molecule has 0 heterocycles. The Morgan fingerprint density at radius 1 is 1.09 bits per heavy atom. The molecule has 0 aromatic heterocycles. The van der Waals surface area contributed by atoms with Gasteiger partial charge in [0.15, 0.2) is 0 Å². The molecule has 23 heavy (non-hydrogen) atoms. The normalized spacial score (nSPS) is 14.1. The molecule has 0 aliphatic heterocycles. The monoisotopic (exact) mass is 324 g/mol. The van der Waals surface area contributed by atoms with Crippen molar-refractivity contribution < 1.29 is 9.53 Å². The minimum Gasteiger partial charge on any atom is -0.469 e. The second-order valence-corrected chi connectivity index (χ2v) is 5.68. The molecule has 2 aromatic rings. The van der Waals surface area contributed by atoms with Crippen LogP contribution in [0.25, 0.3) is 17.7 Å². The van der Waals surface area contributed by atoms with Crippen molar-refractivity contribution in [3.8, 4) is 0 Å². The molecule has 0 radical (unpaired) electrons. The van der Waals surface area contributed by atoms with Gasteiger partial charge in [-0.2, -0.15) is 0 Å². The lowest BCUT2D eigenvalue weighted by Gasteiger charge is -2.13. The zero-order chi connectivity index (χ0) is 16.2. The molecule has 0 unspecified atom stereocenters. The Hall–Kier alpha value is -2.32. The van der Waals surface area contributed by atoms with Gasteiger partial charge in [0.25, 0.3) is 0 Å². The van der Waals surface area contributed by atoms with Crippen LogP contribution in [-0.2, 0) is 16.0 Å². The van der Waals surface area contributed by atoms with Crippen molar-refractivity contribution >= 4 is 35.3 Å². The maximum atomic E-state index is 11.6. The van der Waals surface area contributed by atoms with E-state index >= 15 is 0 Å². The number of rotatable bonds is 3. The van der Waals surface area contributed by atoms with Crippen molar-refractivity contribution in [2.24, 2.45) is 0 Å². The summed E-state index contributed by atoms with van der Waals surface area (Å²) in [6, 6.07) is 14.3. The van der Waals surface area contributed by atoms with E-state index in [0.717, 1.165) is 33.4 Å². The molecule has 0 bridgehead atoms. The lowest BCUT2D eigenvalue weighted by atomic mass is 9.91. The summed E-state index contributed by atoms with van der Waals surface area (Å²) in [6.45, 7) is 0. The molecule has 0 amide bonds. The van der Waals surface area contributed by atoms with Crippen LogP contribution < -0.4 is 0 Å². The fourth-order valence-electron chi connectivity index (χ4n) is 2.84. The van der Waals surface area contributed by atoms with Crippen LogP contribution in [-0.4, -0.2) is 19.0 Å². The van der Waals surface area contributed by atoms with Gasteiger partial charge in [-0.1, -0.05) is 54.6 Å². The summed E-state index contributed by atoms with van der Waals surface area (Å²) in [4.78, 5) is 11.6. The molecular formula is C20H17ClO2. The van der Waals surface area contributed by atoms with Gasteiger partial charge in [-0.15, -0.1) is 11.6 Å². The van der Waals surface area contributed by atoms with Gasteiger partial charge in [-0.05, 0) is 39.5 Å². The highest BCUT2D eigenvalue weighted by Gasteiger charge is 2.15. The summed E-state index contributed by atoms with van der Waals surface area (Å²) in [5.74, 6) is 0.196. The smallest absolute Gasteiger partial charge is 0.309 e. The minimum atomic E-state index is -0.239. The summed E-state index contributed by atoms with van der Waals surface area (Å²) in [7, 11) is 1.41. The largest absolute Gasteiger partial charge is 0.469 e. The number of esters is 1. The maximum Gasteiger partial charge on any atom is 0.309 e. The SMILES string of the molecule is COC(=O)Cc1ccc2c(c1)/C(=C/CCl)c1ccccc1C=C2. The zero-order valence-electron chi connectivity index (χ0n) is 12.9. The van der Waals surface area contributed by atoms with Gasteiger partial charge in [0.05, 0.1) is 13.5 Å². The van der Waals surface area contributed by atoms with Gasteiger partial charge >= 0.3 is 5.97 Å². The lowest BCUT2D eigenvalue weighted by Crippen LogP contribution is -2.05. The minimum absolute atomic E-state index is 0.239. The molecule has 3 heteroatoms. The first-order valence-corrected chi connectivity index (χ1v) is 8.00. The Morgan fingerprint density at radius 3 is 2.57 bits per heavy atom. The number of hydrogen-bond donors (Lipinski definition) is 0. The van der Waals surface area contributed by atoms with E-state index in [4.69, 9.17) is 16.3 Å². The van der Waals surface area contributed by atoms with Gasteiger partial charge < -0.3 is 4.74 Å². The summed E-state index contributed by atoms with van der Waals surface area (Å²) >= 11 is 6.00. The van der Waals surface area contributed by atoms with E-state index < -0.39 is 0 Å². The summed E-state index contributed by atoms with van der Waals surface area (Å²) in [6.07, 6.45) is 6.51. The molecule has 1 aliphatic rings. The Labute approximate surface area is 141 Å². The Bertz CT molecular complexity index is 803. The average molecular weight is 325 g/mol.